The van der Waals surface area contributed by atoms with E-state index in [0.29, 0.717) is 18.9 Å². The first-order valence-corrected chi connectivity index (χ1v) is 9.12. The Morgan fingerprint density at radius 2 is 2.19 bits per heavy atom. The number of amides is 1. The van der Waals surface area contributed by atoms with Crippen LogP contribution in [-0.4, -0.2) is 38.7 Å². The van der Waals surface area contributed by atoms with Crippen molar-refractivity contribution in [1.29, 1.82) is 0 Å². The summed E-state index contributed by atoms with van der Waals surface area (Å²) in [7, 11) is 1.89. The third kappa shape index (κ3) is 3.93. The van der Waals surface area contributed by atoms with Gasteiger partial charge in [0.2, 0.25) is 5.91 Å². The van der Waals surface area contributed by atoms with Gasteiger partial charge in [-0.05, 0) is 38.3 Å². The second-order valence-electron chi connectivity index (χ2n) is 6.90. The molecule has 3 atom stereocenters. The van der Waals surface area contributed by atoms with Crippen molar-refractivity contribution in [3.05, 3.63) is 47.8 Å². The zero-order chi connectivity index (χ0) is 18.7. The van der Waals surface area contributed by atoms with Crippen LogP contribution in [0, 0.1) is 11.7 Å². The van der Waals surface area contributed by atoms with Crippen LogP contribution in [0.5, 0.6) is 0 Å². The fraction of sp³-hybridized carbons (Fsp3) is 0.526. The quantitative estimate of drug-likeness (QED) is 0.861. The molecule has 2 aromatic heterocycles. The van der Waals surface area contributed by atoms with E-state index < -0.39 is 0 Å². The molecule has 0 saturated carbocycles. The molecular weight excluding hydrogens is 333 g/mol. The Kier molecular flexibility index (Phi) is 5.66. The van der Waals surface area contributed by atoms with E-state index >= 15 is 0 Å². The van der Waals surface area contributed by atoms with E-state index in [4.69, 9.17) is 0 Å². The Balaban J connectivity index is 1.73. The second-order valence-corrected chi connectivity index (χ2v) is 6.90. The van der Waals surface area contributed by atoms with Crippen molar-refractivity contribution in [2.24, 2.45) is 13.0 Å². The molecular formula is C19H26FN5O. The average Bonchev–Trinajstić information content (AvgIpc) is 3.06. The van der Waals surface area contributed by atoms with Crippen LogP contribution in [0.2, 0.25) is 0 Å². The summed E-state index contributed by atoms with van der Waals surface area (Å²) in [6, 6.07) is 3.17. The van der Waals surface area contributed by atoms with Crippen LogP contribution in [-0.2, 0) is 11.8 Å². The molecule has 6 nitrogen and oxygen atoms in total. The highest BCUT2D eigenvalue weighted by molar-refractivity contribution is 5.77. The van der Waals surface area contributed by atoms with E-state index in [-0.39, 0.29) is 23.8 Å². The van der Waals surface area contributed by atoms with Crippen molar-refractivity contribution in [2.75, 3.05) is 13.1 Å². The molecule has 2 aromatic rings. The van der Waals surface area contributed by atoms with E-state index in [9.17, 15) is 9.18 Å². The molecule has 1 amide bonds. The monoisotopic (exact) mass is 359 g/mol. The molecule has 1 aliphatic heterocycles. The minimum Gasteiger partial charge on any atom is -0.335 e. The summed E-state index contributed by atoms with van der Waals surface area (Å²) in [5.41, 5.74) is 1.88. The van der Waals surface area contributed by atoms with Gasteiger partial charge in [0.1, 0.15) is 5.82 Å². The number of halogens is 1. The van der Waals surface area contributed by atoms with Crippen molar-refractivity contribution < 1.29 is 9.18 Å². The minimum atomic E-state index is -0.332. The van der Waals surface area contributed by atoms with Gasteiger partial charge in [-0.3, -0.25) is 14.5 Å². The predicted octanol–water partition coefficient (Wildman–Crippen LogP) is 2.60. The van der Waals surface area contributed by atoms with E-state index in [1.54, 1.807) is 10.7 Å². The van der Waals surface area contributed by atoms with Crippen LogP contribution in [0.25, 0.3) is 0 Å². The lowest BCUT2D eigenvalue weighted by Crippen LogP contribution is -2.45. The van der Waals surface area contributed by atoms with Gasteiger partial charge < -0.3 is 10.2 Å². The van der Waals surface area contributed by atoms with E-state index in [0.717, 1.165) is 24.2 Å². The number of rotatable bonds is 6. The highest BCUT2D eigenvalue weighted by Gasteiger charge is 2.36. The van der Waals surface area contributed by atoms with Gasteiger partial charge in [-0.15, -0.1) is 0 Å². The standard InChI is InChI=1S/C19H26FN5O/c1-4-25-18(26)8-5-14(19(25)15-10-23-24(3)12-15)9-21-13(2)17-7-6-16(20)11-22-17/h6-7,10-14,19,21H,4-5,8-9H2,1-3H3/t13?,14-,19+/m1/s1. The Bertz CT molecular complexity index is 745. The van der Waals surface area contributed by atoms with Crippen LogP contribution >= 0.6 is 0 Å². The normalized spacial score (nSPS) is 21.8. The summed E-state index contributed by atoms with van der Waals surface area (Å²) in [6.45, 7) is 5.47. The van der Waals surface area contributed by atoms with Gasteiger partial charge in [0.15, 0.2) is 0 Å². The lowest BCUT2D eigenvalue weighted by molar-refractivity contribution is -0.138. The lowest BCUT2D eigenvalue weighted by Gasteiger charge is -2.41. The van der Waals surface area contributed by atoms with Crippen LogP contribution in [0.4, 0.5) is 4.39 Å². The maximum atomic E-state index is 13.1. The Morgan fingerprint density at radius 1 is 1.38 bits per heavy atom. The third-order valence-corrected chi connectivity index (χ3v) is 5.12. The average molecular weight is 359 g/mol. The number of aromatic nitrogens is 3. The van der Waals surface area contributed by atoms with Gasteiger partial charge >= 0.3 is 0 Å². The fourth-order valence-electron chi connectivity index (χ4n) is 3.73. The topological polar surface area (TPSA) is 63.1 Å². The molecule has 1 unspecified atom stereocenters. The van der Waals surface area contributed by atoms with Gasteiger partial charge in [-0.2, -0.15) is 5.10 Å². The van der Waals surface area contributed by atoms with Crippen LogP contribution in [0.3, 0.4) is 0 Å². The molecule has 1 saturated heterocycles. The highest BCUT2D eigenvalue weighted by Crippen LogP contribution is 2.36. The van der Waals surface area contributed by atoms with Gasteiger partial charge in [0.05, 0.1) is 24.1 Å². The lowest BCUT2D eigenvalue weighted by atomic mass is 9.85. The number of likely N-dealkylation sites (tertiary alicyclic amines) is 1. The van der Waals surface area contributed by atoms with Gasteiger partial charge in [-0.1, -0.05) is 0 Å². The molecule has 140 valence electrons. The van der Waals surface area contributed by atoms with E-state index in [1.807, 2.05) is 38.2 Å². The summed E-state index contributed by atoms with van der Waals surface area (Å²) in [6.07, 6.45) is 6.49. The minimum absolute atomic E-state index is 0.0119. The molecule has 1 aliphatic rings. The van der Waals surface area contributed by atoms with Crippen molar-refractivity contribution >= 4 is 5.91 Å². The first kappa shape index (κ1) is 18.5. The Labute approximate surface area is 153 Å². The fourth-order valence-corrected chi connectivity index (χ4v) is 3.73. The largest absolute Gasteiger partial charge is 0.335 e. The van der Waals surface area contributed by atoms with E-state index in [1.165, 1.54) is 12.3 Å². The molecule has 1 N–H and O–H groups in total. The number of carbonyl (C=O) groups is 1. The zero-order valence-electron chi connectivity index (χ0n) is 15.5. The van der Waals surface area contributed by atoms with Crippen molar-refractivity contribution in [3.8, 4) is 0 Å². The maximum Gasteiger partial charge on any atom is 0.223 e. The molecule has 0 aromatic carbocycles. The molecule has 0 radical (unpaired) electrons. The zero-order valence-corrected chi connectivity index (χ0v) is 15.5. The van der Waals surface area contributed by atoms with Gasteiger partial charge in [0, 0.05) is 44.4 Å². The summed E-state index contributed by atoms with van der Waals surface area (Å²) < 4.78 is 14.8. The van der Waals surface area contributed by atoms with Gasteiger partial charge in [0.25, 0.3) is 0 Å². The first-order valence-electron chi connectivity index (χ1n) is 9.12. The van der Waals surface area contributed by atoms with Crippen LogP contribution < -0.4 is 5.32 Å². The van der Waals surface area contributed by atoms with Crippen molar-refractivity contribution in [1.82, 2.24) is 25.0 Å². The molecule has 3 heterocycles. The number of nitrogens with zero attached hydrogens (tertiary/aromatic N) is 4. The summed E-state index contributed by atoms with van der Waals surface area (Å²) in [5.74, 6) is 0.160. The number of hydrogen-bond acceptors (Lipinski definition) is 4. The summed E-state index contributed by atoms with van der Waals surface area (Å²) in [5, 5.41) is 7.79. The van der Waals surface area contributed by atoms with Crippen molar-refractivity contribution in [2.45, 2.75) is 38.8 Å². The number of aryl methyl sites for hydroxylation is 1. The molecule has 7 heteroatoms. The Morgan fingerprint density at radius 3 is 2.81 bits per heavy atom. The SMILES string of the molecule is CCN1C(=O)CC[C@H](CNC(C)c2ccc(F)cn2)[C@H]1c1cnn(C)c1. The molecule has 3 rings (SSSR count). The molecule has 0 spiro atoms. The molecule has 0 bridgehead atoms. The number of carbonyl (C=O) groups excluding carboxylic acids is 1. The summed E-state index contributed by atoms with van der Waals surface area (Å²) >= 11 is 0. The number of piperidine rings is 1. The van der Waals surface area contributed by atoms with E-state index in [2.05, 4.69) is 15.4 Å². The van der Waals surface area contributed by atoms with Crippen LogP contribution in [0.15, 0.2) is 30.7 Å². The molecule has 26 heavy (non-hydrogen) atoms. The molecule has 0 aliphatic carbocycles. The number of pyridine rings is 1. The Hall–Kier alpha value is -2.28. The first-order chi connectivity index (χ1) is 12.5. The van der Waals surface area contributed by atoms with Crippen molar-refractivity contribution in [3.63, 3.8) is 0 Å². The maximum absolute atomic E-state index is 13.1. The smallest absolute Gasteiger partial charge is 0.223 e. The number of hydrogen-bond donors (Lipinski definition) is 1. The highest BCUT2D eigenvalue weighted by atomic mass is 19.1. The van der Waals surface area contributed by atoms with Crippen LogP contribution in [0.1, 0.15) is 50.0 Å². The van der Waals surface area contributed by atoms with Gasteiger partial charge in [-0.25, -0.2) is 4.39 Å². The third-order valence-electron chi connectivity index (χ3n) is 5.12. The second kappa shape index (κ2) is 7.95. The summed E-state index contributed by atoms with van der Waals surface area (Å²) in [4.78, 5) is 18.5. The molecule has 1 fully saturated rings. The number of nitrogens with one attached hydrogen (secondary N) is 1. The predicted molar refractivity (Wildman–Crippen MR) is 96.7 cm³/mol.